The molecule has 1 amide bonds. The second-order valence-electron chi connectivity index (χ2n) is 8.85. The van der Waals surface area contributed by atoms with Crippen LogP contribution in [0.4, 0.5) is 4.79 Å². The summed E-state index contributed by atoms with van der Waals surface area (Å²) in [5, 5.41) is 10.1. The van der Waals surface area contributed by atoms with Crippen LogP contribution in [0.1, 0.15) is 72.5 Å². The third kappa shape index (κ3) is 9.24. The fourth-order valence-corrected chi connectivity index (χ4v) is 3.25. The van der Waals surface area contributed by atoms with Gasteiger partial charge in [0.1, 0.15) is 11.4 Å². The zero-order valence-corrected chi connectivity index (χ0v) is 18.6. The maximum Gasteiger partial charge on any atom is 0.407 e. The SMILES string of the molecule is CCC(C)NC(=NCCc1ccco1)NC1CCC(NC(=O)OC(C)(C)C)CC1. The fourth-order valence-electron chi connectivity index (χ4n) is 3.25. The first-order valence-electron chi connectivity index (χ1n) is 10.8. The van der Waals surface area contributed by atoms with Gasteiger partial charge in [0.25, 0.3) is 0 Å². The molecule has 0 bridgehead atoms. The van der Waals surface area contributed by atoms with Crippen molar-refractivity contribution < 1.29 is 13.9 Å². The predicted molar refractivity (Wildman–Crippen MR) is 116 cm³/mol. The average molecular weight is 407 g/mol. The molecule has 1 aliphatic rings. The number of alkyl carbamates (subject to hydrolysis) is 1. The molecule has 1 atom stereocenters. The van der Waals surface area contributed by atoms with Crippen LogP contribution in [0.25, 0.3) is 0 Å². The Bertz CT molecular complexity index is 629. The summed E-state index contributed by atoms with van der Waals surface area (Å²) in [5.41, 5.74) is -0.467. The second-order valence-corrected chi connectivity index (χ2v) is 8.85. The topological polar surface area (TPSA) is 87.9 Å². The molecule has 0 aromatic carbocycles. The number of furan rings is 1. The van der Waals surface area contributed by atoms with Crippen molar-refractivity contribution in [2.24, 2.45) is 4.99 Å². The molecule has 3 N–H and O–H groups in total. The van der Waals surface area contributed by atoms with Crippen molar-refractivity contribution in [2.45, 2.75) is 96.9 Å². The van der Waals surface area contributed by atoms with Crippen molar-refractivity contribution in [1.82, 2.24) is 16.0 Å². The molecule has 1 aromatic rings. The van der Waals surface area contributed by atoms with Gasteiger partial charge >= 0.3 is 6.09 Å². The number of aliphatic imine (C=N–C) groups is 1. The summed E-state index contributed by atoms with van der Waals surface area (Å²) in [4.78, 5) is 16.7. The quantitative estimate of drug-likeness (QED) is 0.471. The first-order chi connectivity index (χ1) is 13.7. The highest BCUT2D eigenvalue weighted by Crippen LogP contribution is 2.19. The van der Waals surface area contributed by atoms with Crippen molar-refractivity contribution in [2.75, 3.05) is 6.54 Å². The zero-order chi connectivity index (χ0) is 21.3. The van der Waals surface area contributed by atoms with Gasteiger partial charge in [-0.1, -0.05) is 6.92 Å². The number of amides is 1. The standard InChI is InChI=1S/C22H38N4O3/c1-6-16(2)24-20(23-14-13-19-8-7-15-28-19)25-17-9-11-18(12-10-17)26-21(27)29-22(3,4)5/h7-8,15-18H,6,9-14H2,1-5H3,(H,26,27)(H2,23,24,25). The lowest BCUT2D eigenvalue weighted by molar-refractivity contribution is 0.0490. The van der Waals surface area contributed by atoms with Crippen LogP contribution in [0.15, 0.2) is 27.8 Å². The largest absolute Gasteiger partial charge is 0.469 e. The summed E-state index contributed by atoms with van der Waals surface area (Å²) in [6.45, 7) is 10.6. The van der Waals surface area contributed by atoms with Gasteiger partial charge in [0.2, 0.25) is 0 Å². The summed E-state index contributed by atoms with van der Waals surface area (Å²) in [7, 11) is 0. The minimum Gasteiger partial charge on any atom is -0.469 e. The van der Waals surface area contributed by atoms with Gasteiger partial charge in [0.05, 0.1) is 6.26 Å². The molecule has 7 nitrogen and oxygen atoms in total. The molecule has 1 aromatic heterocycles. The van der Waals surface area contributed by atoms with Crippen LogP contribution in [0, 0.1) is 0 Å². The predicted octanol–water partition coefficient (Wildman–Crippen LogP) is 3.99. The van der Waals surface area contributed by atoms with Crippen molar-refractivity contribution in [1.29, 1.82) is 0 Å². The fraction of sp³-hybridized carbons (Fsp3) is 0.727. The number of nitrogens with zero attached hydrogens (tertiary/aromatic N) is 1. The first-order valence-corrected chi connectivity index (χ1v) is 10.8. The van der Waals surface area contributed by atoms with Gasteiger partial charge in [-0.05, 0) is 71.9 Å². The van der Waals surface area contributed by atoms with Crippen molar-refractivity contribution >= 4 is 12.1 Å². The lowest BCUT2D eigenvalue weighted by Crippen LogP contribution is -2.49. The molecular formula is C22H38N4O3. The summed E-state index contributed by atoms with van der Waals surface area (Å²) in [5.74, 6) is 1.81. The number of nitrogens with one attached hydrogen (secondary N) is 3. The smallest absolute Gasteiger partial charge is 0.407 e. The van der Waals surface area contributed by atoms with Gasteiger partial charge in [0.15, 0.2) is 5.96 Å². The van der Waals surface area contributed by atoms with Crippen LogP contribution in [-0.4, -0.2) is 42.3 Å². The second kappa shape index (κ2) is 11.1. The summed E-state index contributed by atoms with van der Waals surface area (Å²) < 4.78 is 10.7. The molecule has 0 spiro atoms. The third-order valence-electron chi connectivity index (χ3n) is 4.99. The molecule has 2 rings (SSSR count). The third-order valence-corrected chi connectivity index (χ3v) is 4.99. The average Bonchev–Trinajstić information content (AvgIpc) is 3.15. The number of hydrogen-bond donors (Lipinski definition) is 3. The lowest BCUT2D eigenvalue weighted by atomic mass is 9.91. The number of carbonyl (C=O) groups is 1. The highest BCUT2D eigenvalue weighted by molar-refractivity contribution is 5.80. The Morgan fingerprint density at radius 1 is 1.24 bits per heavy atom. The molecule has 7 heteroatoms. The van der Waals surface area contributed by atoms with E-state index < -0.39 is 5.60 Å². The maximum atomic E-state index is 12.0. The highest BCUT2D eigenvalue weighted by atomic mass is 16.6. The Balaban J connectivity index is 1.80. The number of rotatable bonds is 7. The van der Waals surface area contributed by atoms with Crippen LogP contribution in [0.5, 0.6) is 0 Å². The Morgan fingerprint density at radius 3 is 2.45 bits per heavy atom. The van der Waals surface area contributed by atoms with E-state index >= 15 is 0 Å². The molecule has 164 valence electrons. The van der Waals surface area contributed by atoms with Gasteiger partial charge in [-0.25, -0.2) is 4.79 Å². The van der Waals surface area contributed by atoms with Crippen molar-refractivity contribution in [3.8, 4) is 0 Å². The van der Waals surface area contributed by atoms with Crippen LogP contribution in [0.3, 0.4) is 0 Å². The first kappa shape index (κ1) is 23.1. The molecule has 1 aliphatic carbocycles. The lowest BCUT2D eigenvalue weighted by Gasteiger charge is -2.31. The summed E-state index contributed by atoms with van der Waals surface area (Å²) in [6, 6.07) is 4.76. The normalized spacial score (nSPS) is 21.3. The molecular weight excluding hydrogens is 368 g/mol. The van der Waals surface area contributed by atoms with E-state index in [-0.39, 0.29) is 12.1 Å². The molecule has 1 fully saturated rings. The number of guanidine groups is 1. The highest BCUT2D eigenvalue weighted by Gasteiger charge is 2.25. The van der Waals surface area contributed by atoms with Crippen molar-refractivity contribution in [3.63, 3.8) is 0 Å². The van der Waals surface area contributed by atoms with Crippen LogP contribution in [-0.2, 0) is 11.2 Å². The van der Waals surface area contributed by atoms with E-state index in [1.165, 1.54) is 0 Å². The van der Waals surface area contributed by atoms with E-state index in [4.69, 9.17) is 14.1 Å². The minimum absolute atomic E-state index is 0.171. The van der Waals surface area contributed by atoms with Gasteiger partial charge in [-0.2, -0.15) is 0 Å². The molecule has 0 radical (unpaired) electrons. The van der Waals surface area contributed by atoms with Crippen LogP contribution < -0.4 is 16.0 Å². The van der Waals surface area contributed by atoms with E-state index in [9.17, 15) is 4.79 Å². The maximum absolute atomic E-state index is 12.0. The molecule has 29 heavy (non-hydrogen) atoms. The van der Waals surface area contributed by atoms with E-state index in [0.717, 1.165) is 50.2 Å². The van der Waals surface area contributed by atoms with Gasteiger partial charge < -0.3 is 25.1 Å². The Morgan fingerprint density at radius 2 is 1.90 bits per heavy atom. The summed E-state index contributed by atoms with van der Waals surface area (Å²) in [6.07, 6.45) is 7.02. The molecule has 0 aliphatic heterocycles. The Kier molecular flexibility index (Phi) is 8.86. The van der Waals surface area contributed by atoms with E-state index in [2.05, 4.69) is 29.8 Å². The molecule has 1 saturated carbocycles. The van der Waals surface area contributed by atoms with E-state index in [1.54, 1.807) is 6.26 Å². The molecule has 0 saturated heterocycles. The van der Waals surface area contributed by atoms with Crippen LogP contribution >= 0.6 is 0 Å². The molecule has 1 unspecified atom stereocenters. The van der Waals surface area contributed by atoms with Gasteiger partial charge in [0, 0.05) is 31.1 Å². The van der Waals surface area contributed by atoms with E-state index in [1.807, 2.05) is 32.9 Å². The van der Waals surface area contributed by atoms with Crippen molar-refractivity contribution in [3.05, 3.63) is 24.2 Å². The monoisotopic (exact) mass is 406 g/mol. The number of hydrogen-bond acceptors (Lipinski definition) is 4. The number of ether oxygens (including phenoxy) is 1. The Hall–Kier alpha value is -2.18. The number of carbonyl (C=O) groups excluding carboxylic acids is 1. The van der Waals surface area contributed by atoms with Crippen LogP contribution in [0.2, 0.25) is 0 Å². The van der Waals surface area contributed by atoms with Gasteiger partial charge in [-0.3, -0.25) is 4.99 Å². The Labute approximate surface area is 175 Å². The summed E-state index contributed by atoms with van der Waals surface area (Å²) >= 11 is 0. The zero-order valence-electron chi connectivity index (χ0n) is 18.6. The van der Waals surface area contributed by atoms with E-state index in [0.29, 0.717) is 18.6 Å². The van der Waals surface area contributed by atoms with Gasteiger partial charge in [-0.15, -0.1) is 0 Å². The minimum atomic E-state index is -0.467. The molecule has 1 heterocycles.